The minimum atomic E-state index is 1.02. The normalized spacial score (nSPS) is 9.88. The van der Waals surface area contributed by atoms with Gasteiger partial charge in [0.15, 0.2) is 0 Å². The van der Waals surface area contributed by atoms with Crippen LogP contribution in [0, 0.1) is 6.92 Å². The third-order valence-electron chi connectivity index (χ3n) is 0.895. The smallest absolute Gasteiger partial charge is 0.0746 e. The molecule has 0 aliphatic carbocycles. The van der Waals surface area contributed by atoms with Gasteiger partial charge in [-0.3, -0.25) is 0 Å². The molecule has 0 atom stereocenters. The lowest BCUT2D eigenvalue weighted by atomic mass is 10.5. The Kier molecular flexibility index (Phi) is 1.72. The molecule has 0 unspecified atom stereocenters. The third-order valence-corrected chi connectivity index (χ3v) is 2.39. The molecule has 0 aliphatic heterocycles. The van der Waals surface area contributed by atoms with Crippen molar-refractivity contribution in [3.8, 4) is 0 Å². The second-order valence-electron chi connectivity index (χ2n) is 1.44. The first-order valence-electron chi connectivity index (χ1n) is 2.08. The van der Waals surface area contributed by atoms with Crippen LogP contribution >= 0.6 is 32.1 Å². The van der Waals surface area contributed by atoms with E-state index in [0.29, 0.717) is 0 Å². The first kappa shape index (κ1) is 6.29. The summed E-state index contributed by atoms with van der Waals surface area (Å²) in [7, 11) is 0. The predicted octanol–water partition coefficient (Wildman–Crippen LogP) is 2.11. The monoisotopic (exact) mass is 238 g/mol. The fourth-order valence-corrected chi connectivity index (χ4v) is 1.15. The van der Waals surface area contributed by atoms with Gasteiger partial charge in [-0.1, -0.05) is 0 Å². The fourth-order valence-electron chi connectivity index (χ4n) is 0.370. The van der Waals surface area contributed by atoms with Crippen molar-refractivity contribution in [1.82, 2.24) is 8.81 Å². The maximum Gasteiger partial charge on any atom is 0.0746 e. The molecule has 0 fully saturated rings. The summed E-state index contributed by atoms with van der Waals surface area (Å²) >= 11 is 6.49. The van der Waals surface area contributed by atoms with Crippen LogP contribution in [0.4, 0.5) is 0 Å². The number of halogens is 2. The highest BCUT2D eigenvalue weighted by molar-refractivity contribution is 9.10. The fraction of sp³-hybridized carbons (Fsp3) is 0.250. The Morgan fingerprint density at radius 3 is 2.50 bits per heavy atom. The van der Waals surface area contributed by atoms with E-state index in [4.69, 9.17) is 0 Å². The molecule has 0 amide bonds. The Bertz CT molecular complexity index is 174. The zero-order valence-electron chi connectivity index (χ0n) is 4.23. The summed E-state index contributed by atoms with van der Waals surface area (Å²) in [5.41, 5.74) is 1.07. The molecule has 8 heavy (non-hydrogen) atoms. The number of rotatable bonds is 0. The van der Waals surface area contributed by atoms with Gasteiger partial charge in [-0.2, -0.15) is 5.10 Å². The van der Waals surface area contributed by atoms with Crippen molar-refractivity contribution < 1.29 is 0 Å². The van der Waals surface area contributed by atoms with Crippen molar-refractivity contribution in [3.63, 3.8) is 0 Å². The Balaban J connectivity index is 3.19. The molecule has 1 aromatic heterocycles. The molecule has 0 spiro atoms. The van der Waals surface area contributed by atoms with Crippen molar-refractivity contribution in [2.45, 2.75) is 6.92 Å². The van der Waals surface area contributed by atoms with E-state index in [9.17, 15) is 0 Å². The Hall–Kier alpha value is 0.170. The van der Waals surface area contributed by atoms with Gasteiger partial charge in [-0.05, 0) is 22.9 Å². The predicted molar refractivity (Wildman–Crippen MR) is 39.0 cm³/mol. The molecule has 1 rings (SSSR count). The summed E-state index contributed by atoms with van der Waals surface area (Å²) in [6.45, 7) is 1.96. The summed E-state index contributed by atoms with van der Waals surface area (Å²) in [6.07, 6.45) is 1.74. The van der Waals surface area contributed by atoms with Crippen molar-refractivity contribution in [3.05, 3.63) is 16.4 Å². The molecule has 1 aromatic rings. The summed E-state index contributed by atoms with van der Waals surface area (Å²) in [4.78, 5) is 0. The lowest BCUT2D eigenvalue weighted by molar-refractivity contribution is 0.989. The van der Waals surface area contributed by atoms with E-state index in [1.807, 2.05) is 6.92 Å². The van der Waals surface area contributed by atoms with Crippen LogP contribution < -0.4 is 0 Å². The standard InChI is InChI=1S/C4H4Br2N2/c1-3-4(5)2-7-8(3)6/h2H,1H3. The maximum atomic E-state index is 3.90. The molecule has 2 nitrogen and oxygen atoms in total. The van der Waals surface area contributed by atoms with Crippen LogP contribution in [0.1, 0.15) is 5.69 Å². The van der Waals surface area contributed by atoms with Crippen molar-refractivity contribution in [2.24, 2.45) is 0 Å². The number of hydrogen-bond donors (Lipinski definition) is 0. The maximum absolute atomic E-state index is 3.90. The van der Waals surface area contributed by atoms with Gasteiger partial charge in [0.25, 0.3) is 0 Å². The summed E-state index contributed by atoms with van der Waals surface area (Å²) in [5, 5.41) is 3.90. The third kappa shape index (κ3) is 0.951. The first-order chi connectivity index (χ1) is 3.72. The molecule has 0 saturated heterocycles. The molecule has 1 heterocycles. The topological polar surface area (TPSA) is 17.8 Å². The average Bonchev–Trinajstić information content (AvgIpc) is 1.98. The van der Waals surface area contributed by atoms with E-state index < -0.39 is 0 Å². The molecule has 0 N–H and O–H groups in total. The number of nitrogens with zero attached hydrogens (tertiary/aromatic N) is 2. The van der Waals surface area contributed by atoms with E-state index in [2.05, 4.69) is 37.2 Å². The average molecular weight is 240 g/mol. The first-order valence-corrected chi connectivity index (χ1v) is 3.58. The van der Waals surface area contributed by atoms with Gasteiger partial charge in [-0.15, -0.1) is 0 Å². The quantitative estimate of drug-likeness (QED) is 0.678. The molecule has 0 aromatic carbocycles. The molecular formula is C4H4Br2N2. The molecular weight excluding hydrogens is 236 g/mol. The largest absolute Gasteiger partial charge is 0.201 e. The number of aromatic nitrogens is 2. The molecule has 0 bridgehead atoms. The summed E-state index contributed by atoms with van der Waals surface area (Å²) in [6, 6.07) is 0. The zero-order chi connectivity index (χ0) is 6.15. The van der Waals surface area contributed by atoms with Gasteiger partial charge >= 0.3 is 0 Å². The lowest BCUT2D eigenvalue weighted by Gasteiger charge is -1.86. The second kappa shape index (κ2) is 2.19. The summed E-state index contributed by atoms with van der Waals surface area (Å²) in [5.74, 6) is 0. The van der Waals surface area contributed by atoms with E-state index in [1.165, 1.54) is 0 Å². The van der Waals surface area contributed by atoms with Crippen molar-refractivity contribution in [1.29, 1.82) is 0 Å². The van der Waals surface area contributed by atoms with E-state index >= 15 is 0 Å². The molecule has 44 valence electrons. The minimum Gasteiger partial charge on any atom is -0.201 e. The Morgan fingerprint density at radius 2 is 2.38 bits per heavy atom. The van der Waals surface area contributed by atoms with Crippen molar-refractivity contribution in [2.75, 3.05) is 0 Å². The van der Waals surface area contributed by atoms with Crippen LogP contribution in [0.25, 0.3) is 0 Å². The zero-order valence-corrected chi connectivity index (χ0v) is 7.40. The number of hydrogen-bond acceptors (Lipinski definition) is 1. The minimum absolute atomic E-state index is 1.02. The molecule has 0 aliphatic rings. The van der Waals surface area contributed by atoms with Gasteiger partial charge < -0.3 is 0 Å². The van der Waals surface area contributed by atoms with Crippen LogP contribution in [-0.4, -0.2) is 8.81 Å². The van der Waals surface area contributed by atoms with Crippen LogP contribution in [0.2, 0.25) is 0 Å². The molecule has 4 heteroatoms. The van der Waals surface area contributed by atoms with Gasteiger partial charge in [0.1, 0.15) is 0 Å². The van der Waals surface area contributed by atoms with Gasteiger partial charge in [0, 0.05) is 0 Å². The highest BCUT2D eigenvalue weighted by Gasteiger charge is 1.97. The van der Waals surface area contributed by atoms with Crippen molar-refractivity contribution >= 4 is 32.1 Å². The lowest BCUT2D eigenvalue weighted by Crippen LogP contribution is -1.81. The Labute approximate surface area is 64.3 Å². The van der Waals surface area contributed by atoms with Gasteiger partial charge in [0.2, 0.25) is 0 Å². The highest BCUT2D eigenvalue weighted by atomic mass is 79.9. The van der Waals surface area contributed by atoms with Crippen LogP contribution in [0.15, 0.2) is 10.7 Å². The van der Waals surface area contributed by atoms with E-state index in [0.717, 1.165) is 10.2 Å². The van der Waals surface area contributed by atoms with E-state index in [1.54, 1.807) is 9.90 Å². The summed E-state index contributed by atoms with van der Waals surface area (Å²) < 4.78 is 2.66. The highest BCUT2D eigenvalue weighted by Crippen LogP contribution is 2.15. The van der Waals surface area contributed by atoms with Crippen LogP contribution in [0.3, 0.4) is 0 Å². The Morgan fingerprint density at radius 1 is 1.75 bits per heavy atom. The molecule has 0 saturated carbocycles. The van der Waals surface area contributed by atoms with Crippen LogP contribution in [-0.2, 0) is 0 Å². The van der Waals surface area contributed by atoms with Gasteiger partial charge in [-0.25, -0.2) is 3.71 Å². The second-order valence-corrected chi connectivity index (χ2v) is 2.96. The van der Waals surface area contributed by atoms with Gasteiger partial charge in [0.05, 0.1) is 32.5 Å². The van der Waals surface area contributed by atoms with Crippen LogP contribution in [0.5, 0.6) is 0 Å². The molecule has 0 radical (unpaired) electrons. The van der Waals surface area contributed by atoms with E-state index in [-0.39, 0.29) is 0 Å². The SMILES string of the molecule is Cc1c(Br)cnn1Br.